The standard InChI is InChI=1S/C27H28FN5O/c1-32-17-18(15-30-32)3-2-4-23-24-14-25-20(16-29-31-25)13-26(24)33(22-7-5-21(28)6-8-22)27(23)19-9-11-34-12-10-19/h5-8,13-17,19H,2-4,9-12H2,1H3,(H,29,31). The monoisotopic (exact) mass is 457 g/mol. The molecule has 0 unspecified atom stereocenters. The van der Waals surface area contributed by atoms with Gasteiger partial charge in [0.05, 0.1) is 23.4 Å². The molecule has 34 heavy (non-hydrogen) atoms. The van der Waals surface area contributed by atoms with Crippen LogP contribution in [0.2, 0.25) is 0 Å². The van der Waals surface area contributed by atoms with Crippen molar-refractivity contribution in [3.8, 4) is 5.69 Å². The van der Waals surface area contributed by atoms with Gasteiger partial charge in [0.1, 0.15) is 5.82 Å². The van der Waals surface area contributed by atoms with Gasteiger partial charge in [-0.15, -0.1) is 0 Å². The molecule has 0 atom stereocenters. The molecule has 1 fully saturated rings. The van der Waals surface area contributed by atoms with Crippen molar-refractivity contribution < 1.29 is 9.13 Å². The van der Waals surface area contributed by atoms with Crippen LogP contribution in [-0.4, -0.2) is 37.8 Å². The van der Waals surface area contributed by atoms with Crippen molar-refractivity contribution >= 4 is 21.8 Å². The fraction of sp³-hybridized carbons (Fsp3) is 0.333. The van der Waals surface area contributed by atoms with E-state index in [4.69, 9.17) is 4.74 Å². The van der Waals surface area contributed by atoms with Gasteiger partial charge in [0, 0.05) is 54.5 Å². The van der Waals surface area contributed by atoms with E-state index in [1.807, 2.05) is 36.3 Å². The van der Waals surface area contributed by atoms with E-state index >= 15 is 0 Å². The Hall–Kier alpha value is -3.45. The van der Waals surface area contributed by atoms with E-state index in [1.165, 1.54) is 22.2 Å². The van der Waals surface area contributed by atoms with Crippen LogP contribution >= 0.6 is 0 Å². The lowest BCUT2D eigenvalue weighted by atomic mass is 9.90. The molecule has 2 aromatic carbocycles. The summed E-state index contributed by atoms with van der Waals surface area (Å²) in [5.41, 5.74) is 7.17. The van der Waals surface area contributed by atoms with Crippen LogP contribution in [0.5, 0.6) is 0 Å². The molecule has 0 saturated carbocycles. The van der Waals surface area contributed by atoms with Crippen LogP contribution in [-0.2, 0) is 24.6 Å². The Morgan fingerprint density at radius 2 is 1.91 bits per heavy atom. The van der Waals surface area contributed by atoms with Crippen molar-refractivity contribution in [2.75, 3.05) is 13.2 Å². The van der Waals surface area contributed by atoms with Crippen LogP contribution in [0.1, 0.15) is 42.0 Å². The quantitative estimate of drug-likeness (QED) is 0.369. The highest BCUT2D eigenvalue weighted by Gasteiger charge is 2.27. The highest BCUT2D eigenvalue weighted by atomic mass is 19.1. The summed E-state index contributed by atoms with van der Waals surface area (Å²) in [6, 6.07) is 11.3. The predicted octanol–water partition coefficient (Wildman–Crippen LogP) is 5.45. The number of aryl methyl sites for hydroxylation is 3. The number of aromatic amines is 1. The number of hydrogen-bond acceptors (Lipinski definition) is 3. The number of aromatic nitrogens is 5. The van der Waals surface area contributed by atoms with E-state index in [0.29, 0.717) is 5.92 Å². The Balaban J connectivity index is 1.52. The number of nitrogens with zero attached hydrogens (tertiary/aromatic N) is 4. The minimum atomic E-state index is -0.221. The van der Waals surface area contributed by atoms with Gasteiger partial charge in [-0.3, -0.25) is 9.78 Å². The molecular formula is C27H28FN5O. The zero-order valence-electron chi connectivity index (χ0n) is 19.3. The Morgan fingerprint density at radius 3 is 2.68 bits per heavy atom. The van der Waals surface area contributed by atoms with Crippen LogP contribution in [0.3, 0.4) is 0 Å². The molecule has 0 spiro atoms. The smallest absolute Gasteiger partial charge is 0.123 e. The van der Waals surface area contributed by atoms with Crippen LogP contribution in [0.25, 0.3) is 27.5 Å². The molecule has 1 N–H and O–H groups in total. The fourth-order valence-corrected chi connectivity index (χ4v) is 5.41. The van der Waals surface area contributed by atoms with E-state index in [2.05, 4.69) is 38.2 Å². The highest BCUT2D eigenvalue weighted by molar-refractivity contribution is 5.98. The summed E-state index contributed by atoms with van der Waals surface area (Å²) in [5.74, 6) is 0.179. The molecular weight excluding hydrogens is 429 g/mol. The third-order valence-corrected chi connectivity index (χ3v) is 7.02. The van der Waals surface area contributed by atoms with Crippen molar-refractivity contribution in [1.29, 1.82) is 0 Å². The molecule has 0 amide bonds. The summed E-state index contributed by atoms with van der Waals surface area (Å²) >= 11 is 0. The lowest BCUT2D eigenvalue weighted by Crippen LogP contribution is -2.18. The van der Waals surface area contributed by atoms with Crippen molar-refractivity contribution in [1.82, 2.24) is 24.5 Å². The molecule has 1 saturated heterocycles. The molecule has 0 aliphatic carbocycles. The second-order valence-electron chi connectivity index (χ2n) is 9.26. The summed E-state index contributed by atoms with van der Waals surface area (Å²) in [7, 11) is 1.96. The first-order valence-electron chi connectivity index (χ1n) is 12.0. The first-order valence-corrected chi connectivity index (χ1v) is 12.0. The van der Waals surface area contributed by atoms with E-state index in [9.17, 15) is 4.39 Å². The molecule has 6 rings (SSSR count). The Morgan fingerprint density at radius 1 is 1.09 bits per heavy atom. The molecule has 0 radical (unpaired) electrons. The van der Waals surface area contributed by atoms with Gasteiger partial charge in [0.15, 0.2) is 0 Å². The molecule has 0 bridgehead atoms. The number of fused-ring (bicyclic) bond motifs is 2. The van der Waals surface area contributed by atoms with Gasteiger partial charge < -0.3 is 9.30 Å². The molecule has 7 heteroatoms. The number of halogens is 1. The van der Waals surface area contributed by atoms with Gasteiger partial charge >= 0.3 is 0 Å². The molecule has 1 aliphatic rings. The Kier molecular flexibility index (Phi) is 5.41. The summed E-state index contributed by atoms with van der Waals surface area (Å²) in [6.45, 7) is 1.55. The van der Waals surface area contributed by atoms with E-state index < -0.39 is 0 Å². The molecule has 174 valence electrons. The predicted molar refractivity (Wildman–Crippen MR) is 131 cm³/mol. The molecule has 3 aromatic heterocycles. The maximum atomic E-state index is 13.8. The van der Waals surface area contributed by atoms with E-state index in [-0.39, 0.29) is 5.82 Å². The second-order valence-corrected chi connectivity index (χ2v) is 9.26. The first-order chi connectivity index (χ1) is 16.7. The maximum Gasteiger partial charge on any atom is 0.123 e. The minimum Gasteiger partial charge on any atom is -0.381 e. The van der Waals surface area contributed by atoms with Gasteiger partial charge in [-0.1, -0.05) is 0 Å². The lowest BCUT2D eigenvalue weighted by molar-refractivity contribution is 0.0841. The second kappa shape index (κ2) is 8.72. The minimum absolute atomic E-state index is 0.221. The van der Waals surface area contributed by atoms with Gasteiger partial charge in [0.2, 0.25) is 0 Å². The third-order valence-electron chi connectivity index (χ3n) is 7.02. The van der Waals surface area contributed by atoms with Crippen LogP contribution in [0.15, 0.2) is 55.0 Å². The highest BCUT2D eigenvalue weighted by Crippen LogP contribution is 2.40. The number of ether oxygens (including phenoxy) is 1. The van der Waals surface area contributed by atoms with E-state index in [0.717, 1.165) is 67.4 Å². The normalized spacial score (nSPS) is 15.0. The zero-order chi connectivity index (χ0) is 23.1. The number of H-pyrrole nitrogens is 1. The van der Waals surface area contributed by atoms with E-state index in [1.54, 1.807) is 12.1 Å². The summed E-state index contributed by atoms with van der Waals surface area (Å²) in [5, 5.41) is 14.0. The van der Waals surface area contributed by atoms with Crippen LogP contribution in [0, 0.1) is 5.82 Å². The van der Waals surface area contributed by atoms with Crippen LogP contribution < -0.4 is 0 Å². The maximum absolute atomic E-state index is 13.8. The van der Waals surface area contributed by atoms with Crippen LogP contribution in [0.4, 0.5) is 4.39 Å². The van der Waals surface area contributed by atoms with Gasteiger partial charge in [0.25, 0.3) is 0 Å². The van der Waals surface area contributed by atoms with Gasteiger partial charge in [-0.2, -0.15) is 10.2 Å². The van der Waals surface area contributed by atoms with Gasteiger partial charge in [-0.25, -0.2) is 4.39 Å². The lowest BCUT2D eigenvalue weighted by Gasteiger charge is -2.25. The number of benzene rings is 2. The molecule has 5 aromatic rings. The summed E-state index contributed by atoms with van der Waals surface area (Å²) < 4.78 is 23.8. The average molecular weight is 458 g/mol. The number of rotatable bonds is 6. The SMILES string of the molecule is Cn1cc(CCCc2c(C3CCOCC3)n(-c3ccc(F)cc3)c3cc4cn[nH]c4cc23)cn1. The van der Waals surface area contributed by atoms with Gasteiger partial charge in [-0.05, 0) is 79.6 Å². The summed E-state index contributed by atoms with van der Waals surface area (Å²) in [4.78, 5) is 0. The van der Waals surface area contributed by atoms with Crippen molar-refractivity contribution in [2.24, 2.45) is 7.05 Å². The number of nitrogens with one attached hydrogen (secondary N) is 1. The van der Waals surface area contributed by atoms with Crippen molar-refractivity contribution in [2.45, 2.75) is 38.0 Å². The van der Waals surface area contributed by atoms with Crippen molar-refractivity contribution in [3.63, 3.8) is 0 Å². The average Bonchev–Trinajstić information content (AvgIpc) is 3.56. The fourth-order valence-electron chi connectivity index (χ4n) is 5.41. The topological polar surface area (TPSA) is 60.7 Å². The zero-order valence-corrected chi connectivity index (χ0v) is 19.3. The third kappa shape index (κ3) is 3.80. The largest absolute Gasteiger partial charge is 0.381 e. The molecule has 1 aliphatic heterocycles. The number of hydrogen-bond donors (Lipinski definition) is 1. The Labute approximate surface area is 197 Å². The first kappa shape index (κ1) is 21.1. The molecule has 4 heterocycles. The Bertz CT molecular complexity index is 1440. The molecule has 6 nitrogen and oxygen atoms in total. The van der Waals surface area contributed by atoms with Crippen molar-refractivity contribution in [3.05, 3.63) is 77.6 Å². The summed E-state index contributed by atoms with van der Waals surface area (Å²) in [6.07, 6.45) is 10.9.